The SMILES string of the molecule is CCOc1c(OC)cc(CN2CCN(C(=O)OC(C)(C)C)CC2)cc1OC. The average molecular weight is 380 g/mol. The predicted octanol–water partition coefficient (Wildman–Crippen LogP) is 3.16. The number of hydrogen-bond acceptors (Lipinski definition) is 6. The molecule has 0 aliphatic carbocycles. The number of rotatable bonds is 6. The Morgan fingerprint density at radius 3 is 2.04 bits per heavy atom. The zero-order valence-electron chi connectivity index (χ0n) is 17.3. The lowest BCUT2D eigenvalue weighted by molar-refractivity contribution is 0.0139. The Morgan fingerprint density at radius 2 is 1.59 bits per heavy atom. The minimum absolute atomic E-state index is 0.244. The van der Waals surface area contributed by atoms with Crippen molar-refractivity contribution < 1.29 is 23.7 Å². The molecule has 0 bridgehead atoms. The van der Waals surface area contributed by atoms with Crippen LogP contribution in [0.5, 0.6) is 17.2 Å². The van der Waals surface area contributed by atoms with E-state index in [2.05, 4.69) is 4.90 Å². The Hall–Kier alpha value is -2.15. The summed E-state index contributed by atoms with van der Waals surface area (Å²) in [5, 5.41) is 0. The highest BCUT2D eigenvalue weighted by Crippen LogP contribution is 2.38. The van der Waals surface area contributed by atoms with Crippen molar-refractivity contribution in [1.82, 2.24) is 9.80 Å². The van der Waals surface area contributed by atoms with Crippen LogP contribution in [0.2, 0.25) is 0 Å². The van der Waals surface area contributed by atoms with Crippen molar-refractivity contribution >= 4 is 6.09 Å². The summed E-state index contributed by atoms with van der Waals surface area (Å²) < 4.78 is 22.0. The van der Waals surface area contributed by atoms with Gasteiger partial charge >= 0.3 is 6.09 Å². The fraction of sp³-hybridized carbons (Fsp3) is 0.650. The van der Waals surface area contributed by atoms with Crippen molar-refractivity contribution in [2.75, 3.05) is 47.0 Å². The number of nitrogens with zero attached hydrogens (tertiary/aromatic N) is 2. The van der Waals surface area contributed by atoms with Crippen LogP contribution in [-0.4, -0.2) is 68.5 Å². The number of hydrogen-bond donors (Lipinski definition) is 0. The third kappa shape index (κ3) is 5.92. The van der Waals surface area contributed by atoms with Gasteiger partial charge in [-0.2, -0.15) is 0 Å². The first kappa shape index (κ1) is 21.2. The van der Waals surface area contributed by atoms with E-state index in [0.29, 0.717) is 36.9 Å². The number of benzene rings is 1. The van der Waals surface area contributed by atoms with Crippen molar-refractivity contribution in [3.8, 4) is 17.2 Å². The van der Waals surface area contributed by atoms with E-state index in [1.165, 1.54) is 0 Å². The Bertz CT molecular complexity index is 609. The van der Waals surface area contributed by atoms with Gasteiger partial charge in [-0.3, -0.25) is 4.90 Å². The Balaban J connectivity index is 2.00. The van der Waals surface area contributed by atoms with Crippen LogP contribution < -0.4 is 14.2 Å². The normalized spacial score (nSPS) is 15.4. The van der Waals surface area contributed by atoms with Gasteiger partial charge in [0.15, 0.2) is 11.5 Å². The summed E-state index contributed by atoms with van der Waals surface area (Å²) >= 11 is 0. The maximum absolute atomic E-state index is 12.2. The number of piperazine rings is 1. The minimum Gasteiger partial charge on any atom is -0.493 e. The number of carbonyl (C=O) groups excluding carboxylic acids is 1. The van der Waals surface area contributed by atoms with E-state index in [1.54, 1.807) is 19.1 Å². The van der Waals surface area contributed by atoms with Crippen molar-refractivity contribution in [2.45, 2.75) is 39.8 Å². The maximum Gasteiger partial charge on any atom is 0.410 e. The highest BCUT2D eigenvalue weighted by molar-refractivity contribution is 5.68. The third-order valence-corrected chi connectivity index (χ3v) is 4.24. The summed E-state index contributed by atoms with van der Waals surface area (Å²) in [5.41, 5.74) is 0.613. The number of amides is 1. The highest BCUT2D eigenvalue weighted by atomic mass is 16.6. The van der Waals surface area contributed by atoms with Crippen molar-refractivity contribution in [1.29, 1.82) is 0 Å². The number of ether oxygens (including phenoxy) is 4. The molecule has 0 unspecified atom stereocenters. The summed E-state index contributed by atoms with van der Waals surface area (Å²) in [6.45, 7) is 11.8. The fourth-order valence-electron chi connectivity index (χ4n) is 2.99. The van der Waals surface area contributed by atoms with Gasteiger partial charge in [-0.05, 0) is 45.4 Å². The molecule has 0 aromatic heterocycles. The van der Waals surface area contributed by atoms with Crippen LogP contribution in [0.3, 0.4) is 0 Å². The van der Waals surface area contributed by atoms with Gasteiger partial charge in [-0.15, -0.1) is 0 Å². The van der Waals surface area contributed by atoms with Crippen molar-refractivity contribution in [2.24, 2.45) is 0 Å². The Labute approximate surface area is 162 Å². The summed E-state index contributed by atoms with van der Waals surface area (Å²) in [7, 11) is 3.25. The molecule has 0 N–H and O–H groups in total. The second-order valence-electron chi connectivity index (χ2n) is 7.51. The van der Waals surface area contributed by atoms with Gasteiger partial charge in [-0.25, -0.2) is 4.79 Å². The molecule has 1 aromatic rings. The van der Waals surface area contributed by atoms with Crippen LogP contribution >= 0.6 is 0 Å². The lowest BCUT2D eigenvalue weighted by Gasteiger charge is -2.35. The molecular formula is C20H32N2O5. The molecule has 0 spiro atoms. The van der Waals surface area contributed by atoms with Crippen LogP contribution in [0.25, 0.3) is 0 Å². The molecule has 1 aliphatic rings. The first-order chi connectivity index (χ1) is 12.8. The largest absolute Gasteiger partial charge is 0.493 e. The molecule has 152 valence electrons. The Kier molecular flexibility index (Phi) is 7.18. The molecule has 1 fully saturated rings. The van der Waals surface area contributed by atoms with Gasteiger partial charge in [0, 0.05) is 32.7 Å². The standard InChI is InChI=1S/C20H32N2O5/c1-7-26-18-16(24-5)12-15(13-17(18)25-6)14-21-8-10-22(11-9-21)19(23)27-20(2,3)4/h12-13H,7-11,14H2,1-6H3. The summed E-state index contributed by atoms with van der Waals surface area (Å²) in [4.78, 5) is 16.2. The van der Waals surface area contributed by atoms with Gasteiger partial charge in [0.25, 0.3) is 0 Å². The molecular weight excluding hydrogens is 348 g/mol. The lowest BCUT2D eigenvalue weighted by atomic mass is 10.1. The van der Waals surface area contributed by atoms with Gasteiger partial charge in [0.05, 0.1) is 20.8 Å². The van der Waals surface area contributed by atoms with Gasteiger partial charge < -0.3 is 23.8 Å². The minimum atomic E-state index is -0.469. The van der Waals surface area contributed by atoms with E-state index in [-0.39, 0.29) is 6.09 Å². The first-order valence-electron chi connectivity index (χ1n) is 9.35. The smallest absolute Gasteiger partial charge is 0.410 e. The first-order valence-corrected chi connectivity index (χ1v) is 9.35. The monoisotopic (exact) mass is 380 g/mol. The van der Waals surface area contributed by atoms with E-state index in [4.69, 9.17) is 18.9 Å². The number of carbonyl (C=O) groups is 1. The van der Waals surface area contributed by atoms with E-state index in [1.807, 2.05) is 39.8 Å². The van der Waals surface area contributed by atoms with Crippen molar-refractivity contribution in [3.63, 3.8) is 0 Å². The summed E-state index contributed by atoms with van der Waals surface area (Å²) in [5.74, 6) is 1.96. The van der Waals surface area contributed by atoms with Crippen molar-refractivity contribution in [3.05, 3.63) is 17.7 Å². The molecule has 7 heteroatoms. The molecule has 1 saturated heterocycles. The lowest BCUT2D eigenvalue weighted by Crippen LogP contribution is -2.49. The molecule has 1 amide bonds. The molecule has 0 saturated carbocycles. The molecule has 7 nitrogen and oxygen atoms in total. The molecule has 1 aromatic carbocycles. The molecule has 0 radical (unpaired) electrons. The van der Waals surface area contributed by atoms with E-state index in [9.17, 15) is 4.79 Å². The summed E-state index contributed by atoms with van der Waals surface area (Å²) in [6.07, 6.45) is -0.244. The van der Waals surface area contributed by atoms with E-state index >= 15 is 0 Å². The maximum atomic E-state index is 12.2. The van der Waals surface area contributed by atoms with E-state index in [0.717, 1.165) is 25.2 Å². The van der Waals surface area contributed by atoms with Crippen LogP contribution in [0, 0.1) is 0 Å². The quantitative estimate of drug-likeness (QED) is 0.756. The second kappa shape index (κ2) is 9.17. The Morgan fingerprint density at radius 1 is 1.04 bits per heavy atom. The average Bonchev–Trinajstić information content (AvgIpc) is 2.61. The molecule has 2 rings (SSSR count). The molecule has 0 atom stereocenters. The molecule has 1 heterocycles. The van der Waals surface area contributed by atoms with Crippen LogP contribution in [0.15, 0.2) is 12.1 Å². The third-order valence-electron chi connectivity index (χ3n) is 4.24. The van der Waals surface area contributed by atoms with Crippen LogP contribution in [0.4, 0.5) is 4.79 Å². The number of methoxy groups -OCH3 is 2. The topological polar surface area (TPSA) is 60.5 Å². The summed E-state index contributed by atoms with van der Waals surface area (Å²) in [6, 6.07) is 3.96. The van der Waals surface area contributed by atoms with Gasteiger partial charge in [-0.1, -0.05) is 0 Å². The van der Waals surface area contributed by atoms with E-state index < -0.39 is 5.60 Å². The zero-order valence-corrected chi connectivity index (χ0v) is 17.3. The van der Waals surface area contributed by atoms with Crippen LogP contribution in [-0.2, 0) is 11.3 Å². The second-order valence-corrected chi connectivity index (χ2v) is 7.51. The van der Waals surface area contributed by atoms with Crippen LogP contribution in [0.1, 0.15) is 33.3 Å². The van der Waals surface area contributed by atoms with Gasteiger partial charge in [0.2, 0.25) is 5.75 Å². The zero-order chi connectivity index (χ0) is 20.0. The molecule has 1 aliphatic heterocycles. The highest BCUT2D eigenvalue weighted by Gasteiger charge is 2.26. The molecule has 27 heavy (non-hydrogen) atoms. The van der Waals surface area contributed by atoms with Gasteiger partial charge in [0.1, 0.15) is 5.60 Å². The fourth-order valence-corrected chi connectivity index (χ4v) is 2.99. The predicted molar refractivity (Wildman–Crippen MR) is 104 cm³/mol.